The summed E-state index contributed by atoms with van der Waals surface area (Å²) < 4.78 is 8.83. The molecule has 60 heavy (non-hydrogen) atoms. The number of nitrogens with zero attached hydrogens (tertiary/aromatic N) is 2. The molecular weight excluding hydrogens is 729 g/mol. The normalized spacial score (nSPS) is 13.0. The lowest BCUT2D eigenvalue weighted by molar-refractivity contribution is 0.660. The summed E-state index contributed by atoms with van der Waals surface area (Å²) in [5.41, 5.74) is 18.6. The second-order valence-electron chi connectivity index (χ2n) is 16.5. The molecule has 0 spiro atoms. The highest BCUT2D eigenvalue weighted by Gasteiger charge is 2.35. The van der Waals surface area contributed by atoms with Crippen molar-refractivity contribution in [3.05, 3.63) is 217 Å². The van der Waals surface area contributed by atoms with Gasteiger partial charge in [-0.1, -0.05) is 153 Å². The summed E-state index contributed by atoms with van der Waals surface area (Å²) in [4.78, 5) is 2.37. The number of fused-ring (bicyclic) bond motifs is 9. The molecule has 0 fully saturated rings. The Balaban J connectivity index is 0.925. The highest BCUT2D eigenvalue weighted by molar-refractivity contribution is 6.10. The average molecular weight is 769 g/mol. The van der Waals surface area contributed by atoms with Crippen LogP contribution in [0.3, 0.4) is 0 Å². The number of para-hydroxylation sites is 4. The van der Waals surface area contributed by atoms with Crippen LogP contribution in [0.2, 0.25) is 0 Å². The van der Waals surface area contributed by atoms with Gasteiger partial charge >= 0.3 is 0 Å². The summed E-state index contributed by atoms with van der Waals surface area (Å²) in [6.45, 7) is 4.69. The lowest BCUT2D eigenvalue weighted by Gasteiger charge is -2.28. The molecule has 2 aromatic heterocycles. The Labute approximate surface area is 349 Å². The van der Waals surface area contributed by atoms with Crippen molar-refractivity contribution in [3.63, 3.8) is 0 Å². The highest BCUT2D eigenvalue weighted by Crippen LogP contribution is 2.51. The predicted molar refractivity (Wildman–Crippen MR) is 251 cm³/mol. The molecule has 0 saturated carbocycles. The van der Waals surface area contributed by atoms with Crippen molar-refractivity contribution in [1.82, 2.24) is 4.57 Å². The lowest BCUT2D eigenvalue weighted by Crippen LogP contribution is -2.16. The van der Waals surface area contributed by atoms with Crippen LogP contribution in [0, 0.1) is 0 Å². The van der Waals surface area contributed by atoms with Crippen LogP contribution < -0.4 is 4.90 Å². The molecular formula is C57H40N2O. The quantitative estimate of drug-likeness (QED) is 0.168. The minimum absolute atomic E-state index is 0.115. The zero-order chi connectivity index (χ0) is 40.0. The standard InChI is InChI=1S/C57H40N2O/c1-57(2)50-18-8-3-14-44(50)45-33-31-41(35-51(45)57)58(42-32-34-49-48-17-7-12-22-55(48)60-56(49)36-42)40-29-27-38(28-30-40)37-23-25-39(26-24-37)43-13-4-9-19-52(43)59-53-20-10-5-15-46(53)47-16-6-11-21-54(47)59/h3-36H,1-2H3. The van der Waals surface area contributed by atoms with E-state index in [1.54, 1.807) is 0 Å². The van der Waals surface area contributed by atoms with E-state index in [9.17, 15) is 0 Å². The lowest BCUT2D eigenvalue weighted by atomic mass is 9.82. The molecule has 11 aromatic rings. The summed E-state index contributed by atoms with van der Waals surface area (Å²) in [6.07, 6.45) is 0. The van der Waals surface area contributed by atoms with Crippen molar-refractivity contribution in [2.24, 2.45) is 0 Å². The van der Waals surface area contributed by atoms with Crippen LogP contribution in [-0.2, 0) is 5.41 Å². The molecule has 1 aliphatic rings. The number of aromatic nitrogens is 1. The van der Waals surface area contributed by atoms with Gasteiger partial charge < -0.3 is 13.9 Å². The smallest absolute Gasteiger partial charge is 0.137 e. The highest BCUT2D eigenvalue weighted by atomic mass is 16.3. The van der Waals surface area contributed by atoms with Gasteiger partial charge in [0, 0.05) is 55.7 Å². The first-order valence-corrected chi connectivity index (χ1v) is 20.8. The molecule has 284 valence electrons. The average Bonchev–Trinajstić information content (AvgIpc) is 3.92. The Morgan fingerprint density at radius 1 is 0.383 bits per heavy atom. The van der Waals surface area contributed by atoms with Crippen molar-refractivity contribution in [2.75, 3.05) is 4.90 Å². The number of benzene rings is 9. The van der Waals surface area contributed by atoms with Crippen LogP contribution in [0.25, 0.3) is 82.8 Å². The first-order valence-electron chi connectivity index (χ1n) is 20.8. The molecule has 0 amide bonds. The van der Waals surface area contributed by atoms with Crippen LogP contribution >= 0.6 is 0 Å². The summed E-state index contributed by atoms with van der Waals surface area (Å²) in [5.74, 6) is 0. The van der Waals surface area contributed by atoms with Crippen molar-refractivity contribution in [2.45, 2.75) is 19.3 Å². The molecule has 3 heteroatoms. The molecule has 9 aromatic carbocycles. The maximum Gasteiger partial charge on any atom is 0.137 e. The minimum atomic E-state index is -0.115. The Hall–Kier alpha value is -7.62. The van der Waals surface area contributed by atoms with E-state index in [0.29, 0.717) is 0 Å². The van der Waals surface area contributed by atoms with Gasteiger partial charge in [-0.15, -0.1) is 0 Å². The monoisotopic (exact) mass is 768 g/mol. The summed E-state index contributed by atoms with van der Waals surface area (Å²) in [5, 5.41) is 4.78. The van der Waals surface area contributed by atoms with E-state index in [0.717, 1.165) is 39.0 Å². The number of furan rings is 1. The molecule has 2 heterocycles. The molecule has 0 aliphatic heterocycles. The van der Waals surface area contributed by atoms with Crippen LogP contribution in [0.15, 0.2) is 211 Å². The van der Waals surface area contributed by atoms with Gasteiger partial charge in [-0.3, -0.25) is 0 Å². The number of rotatable bonds is 6. The molecule has 0 saturated heterocycles. The molecule has 0 unspecified atom stereocenters. The van der Waals surface area contributed by atoms with Crippen LogP contribution in [-0.4, -0.2) is 4.57 Å². The predicted octanol–water partition coefficient (Wildman–Crippen LogP) is 15.8. The summed E-state index contributed by atoms with van der Waals surface area (Å²) in [7, 11) is 0. The molecule has 0 N–H and O–H groups in total. The number of anilines is 3. The van der Waals surface area contributed by atoms with E-state index in [4.69, 9.17) is 4.42 Å². The second kappa shape index (κ2) is 13.2. The maximum absolute atomic E-state index is 6.42. The fraction of sp³-hybridized carbons (Fsp3) is 0.0526. The summed E-state index contributed by atoms with van der Waals surface area (Å²) in [6, 6.07) is 74.8. The van der Waals surface area contributed by atoms with Gasteiger partial charge in [0.25, 0.3) is 0 Å². The Morgan fingerprint density at radius 3 is 1.65 bits per heavy atom. The molecule has 0 atom stereocenters. The Kier molecular flexibility index (Phi) is 7.58. The Morgan fingerprint density at radius 2 is 0.900 bits per heavy atom. The van der Waals surface area contributed by atoms with Crippen molar-refractivity contribution in [1.29, 1.82) is 0 Å². The largest absolute Gasteiger partial charge is 0.456 e. The first-order chi connectivity index (χ1) is 29.5. The van der Waals surface area contributed by atoms with Gasteiger partial charge in [0.1, 0.15) is 11.2 Å². The van der Waals surface area contributed by atoms with E-state index in [1.807, 2.05) is 12.1 Å². The van der Waals surface area contributed by atoms with Crippen molar-refractivity contribution < 1.29 is 4.42 Å². The fourth-order valence-corrected chi connectivity index (χ4v) is 9.87. The van der Waals surface area contributed by atoms with Crippen LogP contribution in [0.1, 0.15) is 25.0 Å². The number of hydrogen-bond acceptors (Lipinski definition) is 2. The third kappa shape index (κ3) is 5.22. The van der Waals surface area contributed by atoms with E-state index < -0.39 is 0 Å². The van der Waals surface area contributed by atoms with Crippen LogP contribution in [0.4, 0.5) is 17.1 Å². The minimum Gasteiger partial charge on any atom is -0.456 e. The maximum atomic E-state index is 6.42. The fourth-order valence-electron chi connectivity index (χ4n) is 9.87. The third-order valence-corrected chi connectivity index (χ3v) is 12.8. The summed E-state index contributed by atoms with van der Waals surface area (Å²) >= 11 is 0. The molecule has 1 aliphatic carbocycles. The van der Waals surface area contributed by atoms with Gasteiger partial charge in [-0.25, -0.2) is 0 Å². The topological polar surface area (TPSA) is 21.3 Å². The zero-order valence-electron chi connectivity index (χ0n) is 33.4. The molecule has 12 rings (SSSR count). The van der Waals surface area contributed by atoms with Gasteiger partial charge in [0.15, 0.2) is 0 Å². The van der Waals surface area contributed by atoms with E-state index in [2.05, 4.69) is 217 Å². The third-order valence-electron chi connectivity index (χ3n) is 12.8. The number of hydrogen-bond donors (Lipinski definition) is 0. The van der Waals surface area contributed by atoms with Gasteiger partial charge in [-0.05, 0) is 99.6 Å². The van der Waals surface area contributed by atoms with E-state index >= 15 is 0 Å². The zero-order valence-corrected chi connectivity index (χ0v) is 33.4. The first kappa shape index (κ1) is 34.4. The molecule has 0 radical (unpaired) electrons. The van der Waals surface area contributed by atoms with E-state index in [1.165, 1.54) is 72.0 Å². The second-order valence-corrected chi connectivity index (χ2v) is 16.5. The molecule has 3 nitrogen and oxygen atoms in total. The van der Waals surface area contributed by atoms with Crippen molar-refractivity contribution >= 4 is 60.8 Å². The van der Waals surface area contributed by atoms with Gasteiger partial charge in [-0.2, -0.15) is 0 Å². The van der Waals surface area contributed by atoms with Crippen LogP contribution in [0.5, 0.6) is 0 Å². The SMILES string of the molecule is CC1(C)c2ccccc2-c2ccc(N(c3ccc(-c4ccc(-c5ccccc5-n5c6ccccc6c6ccccc65)cc4)cc3)c3ccc4c(c3)oc3ccccc34)cc21. The van der Waals surface area contributed by atoms with Gasteiger partial charge in [0.05, 0.1) is 16.7 Å². The Bertz CT molecular complexity index is 3400. The van der Waals surface area contributed by atoms with Crippen molar-refractivity contribution in [3.8, 4) is 39.1 Å². The van der Waals surface area contributed by atoms with Gasteiger partial charge in [0.2, 0.25) is 0 Å². The van der Waals surface area contributed by atoms with E-state index in [-0.39, 0.29) is 5.41 Å². The molecule has 0 bridgehead atoms.